The number of aryl methyl sites for hydroxylation is 1. The van der Waals surface area contributed by atoms with Gasteiger partial charge in [-0.25, -0.2) is 0 Å². The molecule has 0 radical (unpaired) electrons. The molecular weight excluding hydrogens is 258 g/mol. The average molecular weight is 279 g/mol. The molecule has 0 aromatic heterocycles. The molecule has 0 unspecified atom stereocenters. The summed E-state index contributed by atoms with van der Waals surface area (Å²) in [5.41, 5.74) is 0.877. The topological polar surface area (TPSA) is 49.3 Å². The lowest BCUT2D eigenvalue weighted by Gasteiger charge is -2.21. The number of hydrogen-bond acceptors (Lipinski definition) is 3. The molecule has 1 aromatic carbocycles. The van der Waals surface area contributed by atoms with Crippen molar-refractivity contribution in [2.45, 2.75) is 37.7 Å². The van der Waals surface area contributed by atoms with Crippen LogP contribution in [-0.2, 0) is 11.2 Å². The Morgan fingerprint density at radius 3 is 2.53 bits per heavy atom. The van der Waals surface area contributed by atoms with Gasteiger partial charge in [0, 0.05) is 5.69 Å². The fourth-order valence-electron chi connectivity index (χ4n) is 2.41. The van der Waals surface area contributed by atoms with Gasteiger partial charge in [0.1, 0.15) is 5.60 Å². The summed E-state index contributed by atoms with van der Waals surface area (Å²) in [5, 5.41) is 13.0. The number of nitrogens with one attached hydrogen (secondary N) is 1. The van der Waals surface area contributed by atoms with E-state index in [0.717, 1.165) is 30.7 Å². The Bertz CT molecular complexity index is 424. The van der Waals surface area contributed by atoms with Crippen molar-refractivity contribution in [1.29, 1.82) is 0 Å². The number of carbonyl (C=O) groups is 1. The second kappa shape index (κ2) is 6.44. The third-order valence-corrected chi connectivity index (χ3v) is 4.27. The molecule has 1 saturated carbocycles. The summed E-state index contributed by atoms with van der Waals surface area (Å²) in [6.07, 6.45) is 6.14. The second-order valence-electron chi connectivity index (χ2n) is 5.13. The van der Waals surface area contributed by atoms with E-state index in [2.05, 4.69) is 11.6 Å². The molecule has 0 spiro atoms. The third-order valence-electron chi connectivity index (χ3n) is 3.66. The Morgan fingerprint density at radius 2 is 1.95 bits per heavy atom. The molecule has 1 aliphatic rings. The van der Waals surface area contributed by atoms with Gasteiger partial charge in [-0.1, -0.05) is 12.1 Å². The van der Waals surface area contributed by atoms with Gasteiger partial charge in [-0.15, -0.1) is 0 Å². The van der Waals surface area contributed by atoms with Crippen molar-refractivity contribution in [2.24, 2.45) is 0 Å². The summed E-state index contributed by atoms with van der Waals surface area (Å²) < 4.78 is 0. The molecule has 1 fully saturated rings. The Kier molecular flexibility index (Phi) is 4.88. The molecule has 0 bridgehead atoms. The van der Waals surface area contributed by atoms with Crippen LogP contribution in [0.25, 0.3) is 0 Å². The van der Waals surface area contributed by atoms with Crippen molar-refractivity contribution in [3.63, 3.8) is 0 Å². The Labute approximate surface area is 118 Å². The molecule has 1 aliphatic carbocycles. The Morgan fingerprint density at radius 1 is 1.32 bits per heavy atom. The van der Waals surface area contributed by atoms with Crippen molar-refractivity contribution in [1.82, 2.24) is 0 Å². The zero-order valence-corrected chi connectivity index (χ0v) is 12.1. The van der Waals surface area contributed by atoms with Crippen LogP contribution in [0.2, 0.25) is 0 Å². The summed E-state index contributed by atoms with van der Waals surface area (Å²) >= 11 is 1.82. The third kappa shape index (κ3) is 3.74. The molecule has 0 heterocycles. The molecule has 3 nitrogen and oxygen atoms in total. The molecule has 0 saturated heterocycles. The molecule has 0 aliphatic heterocycles. The lowest BCUT2D eigenvalue weighted by molar-refractivity contribution is -0.133. The van der Waals surface area contributed by atoms with Crippen LogP contribution < -0.4 is 5.32 Å². The van der Waals surface area contributed by atoms with Gasteiger partial charge in [0.25, 0.3) is 5.91 Å². The van der Waals surface area contributed by atoms with Crippen molar-refractivity contribution < 1.29 is 9.90 Å². The first-order chi connectivity index (χ1) is 9.14. The van der Waals surface area contributed by atoms with E-state index in [-0.39, 0.29) is 5.91 Å². The van der Waals surface area contributed by atoms with E-state index in [0.29, 0.717) is 12.8 Å². The van der Waals surface area contributed by atoms with E-state index >= 15 is 0 Å². The fourth-order valence-corrected chi connectivity index (χ4v) is 2.85. The smallest absolute Gasteiger partial charge is 0.256 e. The highest BCUT2D eigenvalue weighted by molar-refractivity contribution is 7.98. The highest BCUT2D eigenvalue weighted by Gasteiger charge is 2.38. The number of anilines is 1. The molecule has 1 amide bonds. The van der Waals surface area contributed by atoms with Gasteiger partial charge >= 0.3 is 0 Å². The van der Waals surface area contributed by atoms with Crippen LogP contribution in [0, 0.1) is 0 Å². The molecule has 19 heavy (non-hydrogen) atoms. The summed E-state index contributed by atoms with van der Waals surface area (Å²) in [5.74, 6) is 0.840. The van der Waals surface area contributed by atoms with Gasteiger partial charge in [-0.2, -0.15) is 11.8 Å². The number of hydrogen-bond donors (Lipinski definition) is 2. The predicted octanol–water partition coefficient (Wildman–Crippen LogP) is 2.84. The van der Waals surface area contributed by atoms with Crippen LogP contribution in [0.1, 0.15) is 31.2 Å². The van der Waals surface area contributed by atoms with Crippen LogP contribution >= 0.6 is 11.8 Å². The lowest BCUT2D eigenvalue weighted by atomic mass is 10.0. The van der Waals surface area contributed by atoms with Gasteiger partial charge in [0.15, 0.2) is 0 Å². The van der Waals surface area contributed by atoms with Gasteiger partial charge < -0.3 is 10.4 Å². The van der Waals surface area contributed by atoms with E-state index in [1.807, 2.05) is 36.0 Å². The largest absolute Gasteiger partial charge is 0.380 e. The minimum absolute atomic E-state index is 0.262. The van der Waals surface area contributed by atoms with Crippen LogP contribution in [-0.4, -0.2) is 28.6 Å². The normalized spacial score (nSPS) is 17.4. The first-order valence-electron chi connectivity index (χ1n) is 6.76. The summed E-state index contributed by atoms with van der Waals surface area (Å²) in [6.45, 7) is 0. The van der Waals surface area contributed by atoms with Crippen molar-refractivity contribution >= 4 is 23.4 Å². The molecule has 2 rings (SSSR count). The van der Waals surface area contributed by atoms with Crippen molar-refractivity contribution in [3.05, 3.63) is 29.8 Å². The van der Waals surface area contributed by atoms with Crippen LogP contribution in [0.4, 0.5) is 5.69 Å². The second-order valence-corrected chi connectivity index (χ2v) is 6.12. The van der Waals surface area contributed by atoms with E-state index in [1.54, 1.807) is 0 Å². The molecule has 2 N–H and O–H groups in total. The first kappa shape index (κ1) is 14.4. The maximum atomic E-state index is 12.0. The lowest BCUT2D eigenvalue weighted by Crippen LogP contribution is -2.40. The standard InChI is InChI=1S/C15H21NO2S/c1-19-11-8-12-4-6-13(7-5-12)16-14(17)15(18)9-2-3-10-15/h4-7,18H,2-3,8-11H2,1H3,(H,16,17). The van der Waals surface area contributed by atoms with Gasteiger partial charge in [0.05, 0.1) is 0 Å². The highest BCUT2D eigenvalue weighted by atomic mass is 32.2. The molecular formula is C15H21NO2S. The highest BCUT2D eigenvalue weighted by Crippen LogP contribution is 2.30. The fraction of sp³-hybridized carbons (Fsp3) is 0.533. The van der Waals surface area contributed by atoms with Crippen LogP contribution in [0.15, 0.2) is 24.3 Å². The molecule has 104 valence electrons. The predicted molar refractivity (Wildman–Crippen MR) is 80.6 cm³/mol. The van der Waals surface area contributed by atoms with E-state index in [9.17, 15) is 9.90 Å². The SMILES string of the molecule is CSCCc1ccc(NC(=O)C2(O)CCCC2)cc1. The number of rotatable bonds is 5. The number of benzene rings is 1. The van der Waals surface area contributed by atoms with Crippen LogP contribution in [0.3, 0.4) is 0 Å². The monoisotopic (exact) mass is 279 g/mol. The zero-order valence-electron chi connectivity index (χ0n) is 11.3. The number of carbonyl (C=O) groups excluding carboxylic acids is 1. The summed E-state index contributed by atoms with van der Waals surface area (Å²) in [7, 11) is 0. The van der Waals surface area contributed by atoms with E-state index < -0.39 is 5.60 Å². The quantitative estimate of drug-likeness (QED) is 0.871. The van der Waals surface area contributed by atoms with E-state index in [1.165, 1.54) is 5.56 Å². The minimum Gasteiger partial charge on any atom is -0.380 e. The van der Waals surface area contributed by atoms with Gasteiger partial charge in [0.2, 0.25) is 0 Å². The number of thioether (sulfide) groups is 1. The maximum Gasteiger partial charge on any atom is 0.256 e. The maximum absolute atomic E-state index is 12.0. The number of amides is 1. The molecule has 4 heteroatoms. The van der Waals surface area contributed by atoms with Crippen molar-refractivity contribution in [3.8, 4) is 0 Å². The molecule has 1 aromatic rings. The van der Waals surface area contributed by atoms with Gasteiger partial charge in [-0.3, -0.25) is 4.79 Å². The Hall–Kier alpha value is -1.00. The van der Waals surface area contributed by atoms with Gasteiger partial charge in [-0.05, 0) is 61.8 Å². The van der Waals surface area contributed by atoms with Crippen molar-refractivity contribution in [2.75, 3.05) is 17.3 Å². The summed E-state index contributed by atoms with van der Waals surface area (Å²) in [4.78, 5) is 12.0. The van der Waals surface area contributed by atoms with Crippen LogP contribution in [0.5, 0.6) is 0 Å². The minimum atomic E-state index is -1.16. The zero-order chi connectivity index (χ0) is 13.7. The average Bonchev–Trinajstić information content (AvgIpc) is 2.86. The van der Waals surface area contributed by atoms with E-state index in [4.69, 9.17) is 0 Å². The summed E-state index contributed by atoms with van der Waals surface area (Å²) in [6, 6.07) is 7.88. The number of aliphatic hydroxyl groups is 1. The first-order valence-corrected chi connectivity index (χ1v) is 8.15. The molecule has 0 atom stereocenters. The Balaban J connectivity index is 1.93.